The molecule has 111 heavy (non-hydrogen) atoms. The number of rotatable bonds is 13. The van der Waals surface area contributed by atoms with Crippen molar-refractivity contribution in [2.45, 2.75) is 94.6 Å². The average Bonchev–Trinajstić information content (AvgIpc) is 1.01. The molecule has 0 N–H and O–H groups in total. The van der Waals surface area contributed by atoms with Crippen LogP contribution in [0.2, 0.25) is 0 Å². The molecule has 0 aliphatic carbocycles. The van der Waals surface area contributed by atoms with Gasteiger partial charge in [-0.25, -0.2) is 0 Å². The van der Waals surface area contributed by atoms with Crippen LogP contribution in [0.5, 0.6) is 0 Å². The first-order valence-electron chi connectivity index (χ1n) is 38.1. The molecule has 7 atom stereocenters. The highest BCUT2D eigenvalue weighted by molar-refractivity contribution is 7.28. The van der Waals surface area contributed by atoms with E-state index in [1.807, 2.05) is 0 Å². The first kappa shape index (κ1) is 83.3. The zero-order valence-corrected chi connectivity index (χ0v) is 74.3. The van der Waals surface area contributed by atoms with Gasteiger partial charge in [0.15, 0.2) is 0 Å². The van der Waals surface area contributed by atoms with Crippen LogP contribution >= 0.6 is 64.7 Å². The fourth-order valence-corrected chi connectivity index (χ4v) is 16.1. The van der Waals surface area contributed by atoms with Crippen molar-refractivity contribution in [3.8, 4) is 111 Å². The van der Waals surface area contributed by atoms with E-state index in [1.165, 1.54) is 210 Å². The highest BCUT2D eigenvalue weighted by atomic mass is 31.0. The van der Waals surface area contributed by atoms with Gasteiger partial charge in [-0.3, -0.25) is 0 Å². The Morgan fingerprint density at radius 3 is 0.964 bits per heavy atom. The Hall–Kier alpha value is -8.69. The van der Waals surface area contributed by atoms with E-state index in [2.05, 4.69) is 456 Å². The molecule has 0 spiro atoms. The van der Waals surface area contributed by atoms with Crippen molar-refractivity contribution in [3.63, 3.8) is 0 Å². The van der Waals surface area contributed by atoms with Gasteiger partial charge in [0, 0.05) is 0 Å². The Kier molecular flexibility index (Phi) is 29.7. The Bertz CT molecular complexity index is 5630. The molecule has 0 aliphatic heterocycles. The van der Waals surface area contributed by atoms with Gasteiger partial charge < -0.3 is 0 Å². The fraction of sp³-hybridized carbons (Fsp3) is 0.135. The maximum atomic E-state index is 2.85. The molecule has 0 saturated carbocycles. The molecule has 0 amide bonds. The first-order valence-corrected chi connectivity index (χ1v) is 42.8. The molecule has 556 valence electrons. The molecule has 15 aromatic rings. The summed E-state index contributed by atoms with van der Waals surface area (Å²) in [6.45, 7) is 23.7. The van der Waals surface area contributed by atoms with Gasteiger partial charge in [-0.15, -0.1) is 64.7 Å². The van der Waals surface area contributed by atoms with E-state index >= 15 is 0 Å². The van der Waals surface area contributed by atoms with Crippen LogP contribution in [0.4, 0.5) is 0 Å². The van der Waals surface area contributed by atoms with Gasteiger partial charge in [0.2, 0.25) is 0 Å². The molecule has 0 aliphatic rings. The minimum atomic E-state index is 0.993. The van der Waals surface area contributed by atoms with Gasteiger partial charge in [-0.2, -0.15) is 0 Å². The SMILES string of the molecule is Cc1ccc(-c2cc(C)cc(-c3ccc(P)c(C)c3)c2)cc1.Cc1ccc(-c2ccc(CP)c(CP)c2)cc1-c1ccc(CP)cc1.Cc1ccc(-c2cccc(-c3ccc(P)c(C)c3)c2)cc1.Cc1ccc(-c2cccc(-c3ccc(P)cc3C)c2)c(C)c1.Cc1ccc(-c2cccc(-c3ccc(P)cc3C)c2)cc1. The zero-order chi connectivity index (χ0) is 78.8. The van der Waals surface area contributed by atoms with Crippen LogP contribution in [0, 0.1) is 76.2 Å². The van der Waals surface area contributed by atoms with E-state index in [4.69, 9.17) is 0 Å². The highest BCUT2D eigenvalue weighted by Gasteiger charge is 2.13. The van der Waals surface area contributed by atoms with Crippen LogP contribution in [-0.4, -0.2) is 0 Å². The maximum Gasteiger partial charge on any atom is -0.0125 e. The smallest absolute Gasteiger partial charge is 0.0125 e. The average molecular weight is 1570 g/mol. The van der Waals surface area contributed by atoms with E-state index < -0.39 is 0 Å². The zero-order valence-electron chi connectivity index (χ0n) is 66.2. The second-order valence-electron chi connectivity index (χ2n) is 29.4. The summed E-state index contributed by atoms with van der Waals surface area (Å²) in [4.78, 5) is 0. The molecule has 0 nitrogen and oxygen atoms in total. The van der Waals surface area contributed by atoms with Crippen LogP contribution in [0.3, 0.4) is 0 Å². The Morgan fingerprint density at radius 2 is 0.514 bits per heavy atom. The molecule has 0 aromatic heterocycles. The number of hydrogen-bond donors (Lipinski definition) is 0. The summed E-state index contributed by atoms with van der Waals surface area (Å²) in [5.74, 6) is 0. The third kappa shape index (κ3) is 22.6. The summed E-state index contributed by atoms with van der Waals surface area (Å²) in [5.41, 5.74) is 44.2. The van der Waals surface area contributed by atoms with Crippen molar-refractivity contribution in [3.05, 3.63) is 393 Å². The molecular weight excluding hydrogens is 1470 g/mol. The van der Waals surface area contributed by atoms with Gasteiger partial charge in [-0.1, -0.05) is 307 Å². The summed E-state index contributed by atoms with van der Waals surface area (Å²) in [5, 5.41) is 4.97. The lowest BCUT2D eigenvalue weighted by atomic mass is 9.93. The summed E-state index contributed by atoms with van der Waals surface area (Å²) in [6, 6.07) is 115. The quantitative estimate of drug-likeness (QED) is 0.101. The van der Waals surface area contributed by atoms with Crippen molar-refractivity contribution < 1.29 is 0 Å². The standard InChI is InChI=1S/C22H25P3.2C21H21P.2C20H19P/c1-15-2-5-19(18-8-9-20(13-24)21(10-18)14-25)11-22(15)17-6-3-16(12-23)4-7-17;1-14-4-6-17(7-5-14)19-10-15(2)11-20(13-19)18-8-9-21(22)16(3)12-18;1-14-7-9-20(15(2)11-14)17-5-4-6-18(13-17)21-10-8-19(22)12-16(21)3;1-14-6-8-16(9-7-14)17-4-3-5-18(13-17)20-11-10-19(21)12-15(20)2;1-14-6-8-16(9-7-14)17-4-3-5-18(13-17)19-10-11-20(21)15(2)12-19/h2-11H,12-14,23-25H2,1H3;2*4-13H,22H2,1-3H3;2*3-13H,21H2,1-2H3. The molecular formula is C104H105P7. The number of hydrogen-bond acceptors (Lipinski definition) is 0. The van der Waals surface area contributed by atoms with E-state index in [9.17, 15) is 0 Å². The van der Waals surface area contributed by atoms with Crippen molar-refractivity contribution in [1.82, 2.24) is 0 Å². The van der Waals surface area contributed by atoms with Crippen LogP contribution in [0.15, 0.2) is 315 Å². The lowest BCUT2D eigenvalue weighted by molar-refractivity contribution is 1.28. The fourth-order valence-electron chi connectivity index (χ4n) is 14.0. The molecule has 0 fully saturated rings. The molecule has 15 rings (SSSR count). The van der Waals surface area contributed by atoms with Crippen LogP contribution in [-0.2, 0) is 18.5 Å². The Balaban J connectivity index is 0.000000138. The molecule has 0 heterocycles. The molecule has 7 unspecified atom stereocenters. The van der Waals surface area contributed by atoms with E-state index in [-0.39, 0.29) is 0 Å². The summed E-state index contributed by atoms with van der Waals surface area (Å²) < 4.78 is 0. The number of aryl methyl sites for hydroxylation is 11. The largest absolute Gasteiger partial charge is 0.133 e. The Morgan fingerprint density at radius 1 is 0.180 bits per heavy atom. The topological polar surface area (TPSA) is 0 Å². The van der Waals surface area contributed by atoms with Crippen LogP contribution in [0.25, 0.3) is 111 Å². The third-order valence-electron chi connectivity index (χ3n) is 20.6. The minimum absolute atomic E-state index is 0.993. The third-order valence-corrected chi connectivity index (χ3v) is 23.9. The molecule has 7 heteroatoms. The lowest BCUT2D eigenvalue weighted by Crippen LogP contribution is -1.96. The van der Waals surface area contributed by atoms with E-state index in [0.29, 0.717) is 0 Å². The van der Waals surface area contributed by atoms with Crippen LogP contribution in [0.1, 0.15) is 77.9 Å². The van der Waals surface area contributed by atoms with Crippen molar-refractivity contribution in [2.75, 3.05) is 0 Å². The molecule has 15 aromatic carbocycles. The predicted molar refractivity (Wildman–Crippen MR) is 516 cm³/mol. The highest BCUT2D eigenvalue weighted by Crippen LogP contribution is 2.36. The second kappa shape index (κ2) is 39.7. The molecule has 0 saturated heterocycles. The van der Waals surface area contributed by atoms with Gasteiger partial charge in [0.25, 0.3) is 0 Å². The summed E-state index contributed by atoms with van der Waals surface area (Å²) in [6.07, 6.45) is 3.00. The minimum Gasteiger partial charge on any atom is -0.133 e. The van der Waals surface area contributed by atoms with Gasteiger partial charge in [0.1, 0.15) is 0 Å². The second-order valence-corrected chi connectivity index (χ2v) is 33.2. The monoisotopic (exact) mass is 1570 g/mol. The number of benzene rings is 15. The van der Waals surface area contributed by atoms with Gasteiger partial charge in [0.05, 0.1) is 0 Å². The van der Waals surface area contributed by atoms with E-state index in [1.54, 1.807) is 0 Å². The predicted octanol–water partition coefficient (Wildman–Crippen LogP) is 27.6. The summed E-state index contributed by atoms with van der Waals surface area (Å²) in [7, 11) is 19.5. The van der Waals surface area contributed by atoms with Gasteiger partial charge >= 0.3 is 0 Å². The van der Waals surface area contributed by atoms with Gasteiger partial charge in [-0.05, 0) is 313 Å². The maximum absolute atomic E-state index is 2.85. The lowest BCUT2D eigenvalue weighted by Gasteiger charge is -2.13. The first-order chi connectivity index (χ1) is 53.5. The van der Waals surface area contributed by atoms with Crippen molar-refractivity contribution in [1.29, 1.82) is 0 Å². The van der Waals surface area contributed by atoms with Crippen LogP contribution < -0.4 is 21.2 Å². The molecule has 0 bridgehead atoms. The molecule has 0 radical (unpaired) electrons. The van der Waals surface area contributed by atoms with Crippen molar-refractivity contribution >= 4 is 85.9 Å². The van der Waals surface area contributed by atoms with Crippen molar-refractivity contribution in [2.24, 2.45) is 0 Å². The summed E-state index contributed by atoms with van der Waals surface area (Å²) >= 11 is 0. The normalized spacial score (nSPS) is 10.7. The van der Waals surface area contributed by atoms with E-state index in [0.717, 1.165) is 18.5 Å². The Labute approximate surface area is 680 Å².